The first-order valence-electron chi connectivity index (χ1n) is 9.30. The number of benzene rings is 2. The molecule has 0 amide bonds. The van der Waals surface area contributed by atoms with Crippen LogP contribution >= 0.6 is 0 Å². The fourth-order valence-corrected chi connectivity index (χ4v) is 3.56. The zero-order valence-electron chi connectivity index (χ0n) is 15.7. The van der Waals surface area contributed by atoms with E-state index in [0.717, 1.165) is 25.9 Å². The standard InChI is InChI=1S/C24H29N/c1-19(2)10-9-11-20(3)16-24(21-12-5-4-6-13-21)25-17-22-14-7-8-15-23(22)18-25/h4-8,10,12-16,24H,9,11,17-18H2,1-3H3/b20-16+. The summed E-state index contributed by atoms with van der Waals surface area (Å²) in [6.45, 7) is 8.69. The molecule has 1 atom stereocenters. The maximum absolute atomic E-state index is 2.59. The molecular formula is C24H29N. The van der Waals surface area contributed by atoms with E-state index < -0.39 is 0 Å². The summed E-state index contributed by atoms with van der Waals surface area (Å²) in [5, 5.41) is 0. The van der Waals surface area contributed by atoms with Crippen LogP contribution in [0, 0.1) is 0 Å². The normalized spacial score (nSPS) is 15.7. The maximum Gasteiger partial charge on any atom is 0.0540 e. The van der Waals surface area contributed by atoms with E-state index in [9.17, 15) is 0 Å². The second-order valence-electron chi connectivity index (χ2n) is 7.36. The van der Waals surface area contributed by atoms with Crippen molar-refractivity contribution in [2.45, 2.75) is 52.7 Å². The predicted octanol–water partition coefficient (Wildman–Crippen LogP) is 6.44. The van der Waals surface area contributed by atoms with Gasteiger partial charge in [-0.05, 0) is 50.3 Å². The van der Waals surface area contributed by atoms with Crippen LogP contribution in [0.1, 0.15) is 56.3 Å². The van der Waals surface area contributed by atoms with Crippen molar-refractivity contribution in [3.8, 4) is 0 Å². The first kappa shape index (κ1) is 17.7. The lowest BCUT2D eigenvalue weighted by Crippen LogP contribution is -2.22. The lowest BCUT2D eigenvalue weighted by molar-refractivity contribution is 0.236. The van der Waals surface area contributed by atoms with E-state index in [1.54, 1.807) is 0 Å². The van der Waals surface area contributed by atoms with Crippen molar-refractivity contribution >= 4 is 0 Å². The van der Waals surface area contributed by atoms with Crippen LogP contribution in [0.25, 0.3) is 0 Å². The molecule has 0 radical (unpaired) electrons. The molecule has 25 heavy (non-hydrogen) atoms. The largest absolute Gasteiger partial charge is 0.284 e. The SMILES string of the molecule is CC(C)=CCC/C(C)=C/C(c1ccccc1)N1Cc2ccccc2C1. The van der Waals surface area contributed by atoms with Crippen molar-refractivity contribution in [3.05, 3.63) is 94.6 Å². The van der Waals surface area contributed by atoms with E-state index in [-0.39, 0.29) is 0 Å². The van der Waals surface area contributed by atoms with Crippen molar-refractivity contribution in [1.29, 1.82) is 0 Å². The van der Waals surface area contributed by atoms with Crippen molar-refractivity contribution in [2.75, 3.05) is 0 Å². The molecule has 2 aromatic carbocycles. The van der Waals surface area contributed by atoms with Crippen molar-refractivity contribution < 1.29 is 0 Å². The molecule has 1 unspecified atom stereocenters. The molecule has 0 aromatic heterocycles. The summed E-state index contributed by atoms with van der Waals surface area (Å²) in [7, 11) is 0. The number of nitrogens with zero attached hydrogens (tertiary/aromatic N) is 1. The van der Waals surface area contributed by atoms with Crippen LogP contribution < -0.4 is 0 Å². The van der Waals surface area contributed by atoms with Gasteiger partial charge in [-0.2, -0.15) is 0 Å². The molecule has 130 valence electrons. The van der Waals surface area contributed by atoms with E-state index in [0.29, 0.717) is 6.04 Å². The second kappa shape index (κ2) is 8.31. The van der Waals surface area contributed by atoms with Gasteiger partial charge in [0, 0.05) is 13.1 Å². The molecule has 1 heteroatoms. The summed E-state index contributed by atoms with van der Waals surface area (Å²) in [5.74, 6) is 0. The Morgan fingerprint density at radius 1 is 0.920 bits per heavy atom. The van der Waals surface area contributed by atoms with Gasteiger partial charge in [-0.3, -0.25) is 4.90 Å². The van der Waals surface area contributed by atoms with Gasteiger partial charge >= 0.3 is 0 Å². The topological polar surface area (TPSA) is 3.24 Å². The third kappa shape index (κ3) is 4.70. The molecule has 0 bridgehead atoms. The average Bonchev–Trinajstić information content (AvgIpc) is 3.04. The molecule has 1 nitrogen and oxygen atoms in total. The van der Waals surface area contributed by atoms with Crippen LogP contribution in [0.3, 0.4) is 0 Å². The van der Waals surface area contributed by atoms with Gasteiger partial charge in [0.05, 0.1) is 6.04 Å². The Bertz CT molecular complexity index is 726. The highest BCUT2D eigenvalue weighted by atomic mass is 15.2. The average molecular weight is 332 g/mol. The molecule has 0 fully saturated rings. The van der Waals surface area contributed by atoms with E-state index >= 15 is 0 Å². The minimum atomic E-state index is 0.348. The minimum absolute atomic E-state index is 0.348. The molecule has 1 heterocycles. The molecule has 0 spiro atoms. The summed E-state index contributed by atoms with van der Waals surface area (Å²) >= 11 is 0. The van der Waals surface area contributed by atoms with Crippen molar-refractivity contribution in [3.63, 3.8) is 0 Å². The second-order valence-corrected chi connectivity index (χ2v) is 7.36. The Hall–Kier alpha value is -2.12. The van der Waals surface area contributed by atoms with Gasteiger partial charge in [0.2, 0.25) is 0 Å². The Balaban J connectivity index is 1.81. The van der Waals surface area contributed by atoms with Crippen LogP contribution in [-0.4, -0.2) is 4.90 Å². The number of hydrogen-bond acceptors (Lipinski definition) is 1. The van der Waals surface area contributed by atoms with Crippen LogP contribution in [0.5, 0.6) is 0 Å². The molecule has 0 N–H and O–H groups in total. The molecule has 1 aliphatic rings. The Kier molecular flexibility index (Phi) is 5.88. The molecule has 0 aliphatic carbocycles. The lowest BCUT2D eigenvalue weighted by atomic mass is 10.0. The van der Waals surface area contributed by atoms with Gasteiger partial charge in [-0.25, -0.2) is 0 Å². The van der Waals surface area contributed by atoms with Crippen LogP contribution in [0.2, 0.25) is 0 Å². The molecule has 0 saturated heterocycles. The van der Waals surface area contributed by atoms with Gasteiger partial charge in [-0.15, -0.1) is 0 Å². The summed E-state index contributed by atoms with van der Waals surface area (Å²) < 4.78 is 0. The summed E-state index contributed by atoms with van der Waals surface area (Å²) in [6, 6.07) is 20.1. The zero-order chi connectivity index (χ0) is 17.6. The highest BCUT2D eigenvalue weighted by molar-refractivity contribution is 5.33. The zero-order valence-corrected chi connectivity index (χ0v) is 15.7. The smallest absolute Gasteiger partial charge is 0.0540 e. The number of hydrogen-bond donors (Lipinski definition) is 0. The lowest BCUT2D eigenvalue weighted by Gasteiger charge is -2.26. The van der Waals surface area contributed by atoms with E-state index in [4.69, 9.17) is 0 Å². The van der Waals surface area contributed by atoms with Crippen LogP contribution in [0.15, 0.2) is 77.9 Å². The third-order valence-electron chi connectivity index (χ3n) is 4.93. The van der Waals surface area contributed by atoms with Crippen molar-refractivity contribution in [1.82, 2.24) is 4.90 Å². The van der Waals surface area contributed by atoms with E-state index in [1.807, 2.05) is 0 Å². The molecule has 1 aliphatic heterocycles. The van der Waals surface area contributed by atoms with Gasteiger partial charge in [-0.1, -0.05) is 77.9 Å². The molecular weight excluding hydrogens is 302 g/mol. The number of allylic oxidation sites excluding steroid dienone is 3. The molecule has 0 saturated carbocycles. The highest BCUT2D eigenvalue weighted by Crippen LogP contribution is 2.33. The van der Waals surface area contributed by atoms with E-state index in [1.165, 1.54) is 27.8 Å². The quantitative estimate of drug-likeness (QED) is 0.551. The maximum atomic E-state index is 2.59. The first-order chi connectivity index (χ1) is 12.1. The Morgan fingerprint density at radius 2 is 1.52 bits per heavy atom. The third-order valence-corrected chi connectivity index (χ3v) is 4.93. The van der Waals surface area contributed by atoms with Gasteiger partial charge in [0.15, 0.2) is 0 Å². The van der Waals surface area contributed by atoms with Crippen molar-refractivity contribution in [2.24, 2.45) is 0 Å². The Morgan fingerprint density at radius 3 is 2.12 bits per heavy atom. The number of rotatable bonds is 6. The van der Waals surface area contributed by atoms with Crippen LogP contribution in [0.4, 0.5) is 0 Å². The Labute approximate surface area is 152 Å². The molecule has 2 aromatic rings. The van der Waals surface area contributed by atoms with Crippen LogP contribution in [-0.2, 0) is 13.1 Å². The highest BCUT2D eigenvalue weighted by Gasteiger charge is 2.25. The van der Waals surface area contributed by atoms with E-state index in [2.05, 4.69) is 92.4 Å². The fraction of sp³-hybridized carbons (Fsp3) is 0.333. The summed E-state index contributed by atoms with van der Waals surface area (Å²) in [6.07, 6.45) is 7.07. The minimum Gasteiger partial charge on any atom is -0.284 e. The number of fused-ring (bicyclic) bond motifs is 1. The fourth-order valence-electron chi connectivity index (χ4n) is 3.56. The van der Waals surface area contributed by atoms with Gasteiger partial charge < -0.3 is 0 Å². The van der Waals surface area contributed by atoms with Gasteiger partial charge in [0.1, 0.15) is 0 Å². The monoisotopic (exact) mass is 331 g/mol. The van der Waals surface area contributed by atoms with Gasteiger partial charge in [0.25, 0.3) is 0 Å². The summed E-state index contributed by atoms with van der Waals surface area (Å²) in [4.78, 5) is 2.59. The first-order valence-corrected chi connectivity index (χ1v) is 9.30. The summed E-state index contributed by atoms with van der Waals surface area (Å²) in [5.41, 5.74) is 7.21. The predicted molar refractivity (Wildman–Crippen MR) is 107 cm³/mol. The molecule has 3 rings (SSSR count).